The molecule has 1 aliphatic rings. The van der Waals surface area contributed by atoms with Crippen LogP contribution in [0.2, 0.25) is 0 Å². The summed E-state index contributed by atoms with van der Waals surface area (Å²) in [6.45, 7) is 3.11. The maximum Gasteiger partial charge on any atom is 0.0458 e. The molecule has 1 aliphatic heterocycles. The van der Waals surface area contributed by atoms with Crippen molar-refractivity contribution in [1.29, 1.82) is 0 Å². The highest BCUT2D eigenvalue weighted by Gasteiger charge is 2.22. The molecule has 0 saturated carbocycles. The van der Waals surface area contributed by atoms with E-state index >= 15 is 0 Å². The van der Waals surface area contributed by atoms with Crippen LogP contribution < -0.4 is 11.1 Å². The zero-order valence-electron chi connectivity index (χ0n) is 10.2. The van der Waals surface area contributed by atoms with Crippen LogP contribution in [0.4, 0.5) is 0 Å². The Bertz CT molecular complexity index is 529. The van der Waals surface area contributed by atoms with Gasteiger partial charge < -0.3 is 16.0 Å². The molecule has 0 unspecified atom stereocenters. The highest BCUT2D eigenvalue weighted by Crippen LogP contribution is 2.24. The van der Waals surface area contributed by atoms with E-state index in [0.717, 1.165) is 19.4 Å². The molecule has 0 radical (unpaired) electrons. The highest BCUT2D eigenvalue weighted by atomic mass is 15.0. The molecule has 0 aliphatic carbocycles. The van der Waals surface area contributed by atoms with Gasteiger partial charge in [0.2, 0.25) is 0 Å². The molecule has 1 aromatic carbocycles. The van der Waals surface area contributed by atoms with Crippen LogP contribution in [0.3, 0.4) is 0 Å². The number of nitrogens with two attached hydrogens (primary N) is 1. The first-order valence-corrected chi connectivity index (χ1v) is 6.29. The molecule has 90 valence electrons. The molecule has 4 N–H and O–H groups in total. The number of aromatic amines is 1. The summed E-state index contributed by atoms with van der Waals surface area (Å²) in [5, 5.41) is 4.85. The van der Waals surface area contributed by atoms with Gasteiger partial charge in [0.05, 0.1) is 0 Å². The van der Waals surface area contributed by atoms with E-state index in [1.54, 1.807) is 0 Å². The Kier molecular flexibility index (Phi) is 2.65. The van der Waals surface area contributed by atoms with E-state index in [4.69, 9.17) is 5.73 Å². The second-order valence-electron chi connectivity index (χ2n) is 5.08. The summed E-state index contributed by atoms with van der Waals surface area (Å²) < 4.78 is 0. The summed E-state index contributed by atoms with van der Waals surface area (Å²) in [5.41, 5.74) is 9.90. The van der Waals surface area contributed by atoms with Crippen LogP contribution in [0.15, 0.2) is 24.3 Å². The molecule has 1 aromatic heterocycles. The fourth-order valence-corrected chi connectivity index (χ4v) is 2.85. The smallest absolute Gasteiger partial charge is 0.0458 e. The Morgan fingerprint density at radius 3 is 2.94 bits per heavy atom. The maximum atomic E-state index is 5.93. The number of hydrogen-bond donors (Lipinski definition) is 3. The zero-order chi connectivity index (χ0) is 11.8. The number of benzene rings is 1. The number of hydrogen-bond acceptors (Lipinski definition) is 2. The van der Waals surface area contributed by atoms with Crippen LogP contribution in [-0.4, -0.2) is 23.6 Å². The lowest BCUT2D eigenvalue weighted by Gasteiger charge is -2.10. The number of H-pyrrole nitrogens is 1. The van der Waals surface area contributed by atoms with Gasteiger partial charge in [-0.3, -0.25) is 0 Å². The quantitative estimate of drug-likeness (QED) is 0.734. The number of para-hydroxylation sites is 1. The van der Waals surface area contributed by atoms with Crippen molar-refractivity contribution >= 4 is 10.9 Å². The molecule has 2 heterocycles. The fraction of sp³-hybridized carbons (Fsp3) is 0.429. The largest absolute Gasteiger partial charge is 0.358 e. The van der Waals surface area contributed by atoms with Gasteiger partial charge in [-0.25, -0.2) is 0 Å². The van der Waals surface area contributed by atoms with Crippen molar-refractivity contribution < 1.29 is 0 Å². The Hall–Kier alpha value is -1.32. The van der Waals surface area contributed by atoms with E-state index in [-0.39, 0.29) is 0 Å². The number of aryl methyl sites for hydroxylation is 1. The third-order valence-corrected chi connectivity index (χ3v) is 3.73. The SMILES string of the molecule is Cc1[nH]c2ccccc2c1C[C@H]1C[C@H](N)CN1. The summed E-state index contributed by atoms with van der Waals surface area (Å²) in [7, 11) is 0. The molecule has 2 atom stereocenters. The van der Waals surface area contributed by atoms with Crippen molar-refractivity contribution in [3.05, 3.63) is 35.5 Å². The Labute approximate surface area is 101 Å². The number of fused-ring (bicyclic) bond motifs is 1. The van der Waals surface area contributed by atoms with Gasteiger partial charge in [-0.2, -0.15) is 0 Å². The lowest BCUT2D eigenvalue weighted by molar-refractivity contribution is 0.597. The number of aromatic nitrogens is 1. The highest BCUT2D eigenvalue weighted by molar-refractivity contribution is 5.84. The minimum atomic E-state index is 0.325. The number of rotatable bonds is 2. The molecule has 1 fully saturated rings. The summed E-state index contributed by atoms with van der Waals surface area (Å²) >= 11 is 0. The molecule has 3 heteroatoms. The van der Waals surface area contributed by atoms with E-state index in [1.165, 1.54) is 22.2 Å². The average Bonchev–Trinajstić information content (AvgIpc) is 2.85. The minimum Gasteiger partial charge on any atom is -0.358 e. The predicted octanol–water partition coefficient (Wildman–Crippen LogP) is 1.71. The minimum absolute atomic E-state index is 0.325. The van der Waals surface area contributed by atoms with Gasteiger partial charge in [-0.15, -0.1) is 0 Å². The van der Waals surface area contributed by atoms with Crippen LogP contribution in [0.1, 0.15) is 17.7 Å². The summed E-state index contributed by atoms with van der Waals surface area (Å²) in [6.07, 6.45) is 2.16. The molecule has 17 heavy (non-hydrogen) atoms. The van der Waals surface area contributed by atoms with Crippen LogP contribution >= 0.6 is 0 Å². The average molecular weight is 229 g/mol. The standard InChI is InChI=1S/C14H19N3/c1-9-13(7-11-6-10(15)8-16-11)12-4-2-3-5-14(12)17-9/h2-5,10-11,16-17H,6-8,15H2,1H3/t10-,11+/m0/s1. The molecule has 1 saturated heterocycles. The van der Waals surface area contributed by atoms with Crippen LogP contribution in [0.5, 0.6) is 0 Å². The lowest BCUT2D eigenvalue weighted by atomic mass is 10.0. The molecule has 0 amide bonds. The monoisotopic (exact) mass is 229 g/mol. The third kappa shape index (κ3) is 1.96. The van der Waals surface area contributed by atoms with Gasteiger partial charge in [-0.05, 0) is 31.4 Å². The van der Waals surface area contributed by atoms with Crippen molar-refractivity contribution in [2.45, 2.75) is 31.8 Å². The van der Waals surface area contributed by atoms with Gasteiger partial charge in [-0.1, -0.05) is 18.2 Å². The van der Waals surface area contributed by atoms with E-state index < -0.39 is 0 Å². The third-order valence-electron chi connectivity index (χ3n) is 3.73. The summed E-state index contributed by atoms with van der Waals surface area (Å²) in [4.78, 5) is 3.45. The van der Waals surface area contributed by atoms with Gasteiger partial charge >= 0.3 is 0 Å². The molecule has 3 nitrogen and oxygen atoms in total. The fourth-order valence-electron chi connectivity index (χ4n) is 2.85. The summed E-state index contributed by atoms with van der Waals surface area (Å²) in [6, 6.07) is 9.37. The molecule has 0 spiro atoms. The number of nitrogens with one attached hydrogen (secondary N) is 2. The Balaban J connectivity index is 1.91. The first-order chi connectivity index (χ1) is 8.24. The predicted molar refractivity (Wildman–Crippen MR) is 71.1 cm³/mol. The van der Waals surface area contributed by atoms with Crippen molar-refractivity contribution in [1.82, 2.24) is 10.3 Å². The zero-order valence-corrected chi connectivity index (χ0v) is 10.2. The van der Waals surface area contributed by atoms with Crippen LogP contribution in [0.25, 0.3) is 10.9 Å². The van der Waals surface area contributed by atoms with E-state index in [2.05, 4.69) is 41.5 Å². The maximum absolute atomic E-state index is 5.93. The molecular weight excluding hydrogens is 210 g/mol. The Morgan fingerprint density at radius 2 is 2.18 bits per heavy atom. The van der Waals surface area contributed by atoms with Gasteiger partial charge in [0.25, 0.3) is 0 Å². The van der Waals surface area contributed by atoms with Gasteiger partial charge in [0.15, 0.2) is 0 Å². The second-order valence-corrected chi connectivity index (χ2v) is 5.08. The van der Waals surface area contributed by atoms with E-state index in [1.807, 2.05) is 0 Å². The Morgan fingerprint density at radius 1 is 1.35 bits per heavy atom. The molecule has 2 aromatic rings. The van der Waals surface area contributed by atoms with Crippen molar-refractivity contribution in [2.75, 3.05) is 6.54 Å². The van der Waals surface area contributed by atoms with E-state index in [0.29, 0.717) is 12.1 Å². The van der Waals surface area contributed by atoms with E-state index in [9.17, 15) is 0 Å². The molecule has 3 rings (SSSR count). The summed E-state index contributed by atoms with van der Waals surface area (Å²) in [5.74, 6) is 0. The van der Waals surface area contributed by atoms with Crippen molar-refractivity contribution in [3.63, 3.8) is 0 Å². The van der Waals surface area contributed by atoms with Crippen LogP contribution in [-0.2, 0) is 6.42 Å². The van der Waals surface area contributed by atoms with Crippen molar-refractivity contribution in [3.8, 4) is 0 Å². The first kappa shape index (κ1) is 10.8. The second kappa shape index (κ2) is 4.17. The molecule has 0 bridgehead atoms. The van der Waals surface area contributed by atoms with Crippen LogP contribution in [0, 0.1) is 6.92 Å². The van der Waals surface area contributed by atoms with Gasteiger partial charge in [0.1, 0.15) is 0 Å². The first-order valence-electron chi connectivity index (χ1n) is 6.29. The lowest BCUT2D eigenvalue weighted by Crippen LogP contribution is -2.24. The van der Waals surface area contributed by atoms with Gasteiger partial charge in [0, 0.05) is 35.2 Å². The van der Waals surface area contributed by atoms with Crippen molar-refractivity contribution in [2.24, 2.45) is 5.73 Å². The normalized spacial score (nSPS) is 24.6. The topological polar surface area (TPSA) is 53.8 Å². The molecular formula is C14H19N3.